The predicted molar refractivity (Wildman–Crippen MR) is 74.7 cm³/mol. The molecule has 1 aliphatic carbocycles. The number of benzene rings is 1. The lowest BCUT2D eigenvalue weighted by Gasteiger charge is -2.44. The molecule has 18 heavy (non-hydrogen) atoms. The van der Waals surface area contributed by atoms with Crippen molar-refractivity contribution in [2.75, 3.05) is 13.1 Å². The lowest BCUT2D eigenvalue weighted by molar-refractivity contribution is 0.00893. The summed E-state index contributed by atoms with van der Waals surface area (Å²) in [5.74, 6) is 0.950. The number of likely N-dealkylation sites (tertiary alicyclic amines) is 1. The van der Waals surface area contributed by atoms with Crippen LogP contribution in [0.5, 0.6) is 5.75 Å². The van der Waals surface area contributed by atoms with Gasteiger partial charge in [0.1, 0.15) is 19.7 Å². The Balaban J connectivity index is 1.46. The van der Waals surface area contributed by atoms with E-state index in [2.05, 4.69) is 4.90 Å². The summed E-state index contributed by atoms with van der Waals surface area (Å²) < 4.78 is 5.94. The first kappa shape index (κ1) is 12.1. The average Bonchev–Trinajstić information content (AvgIpc) is 2.36. The van der Waals surface area contributed by atoms with E-state index in [0.29, 0.717) is 6.10 Å². The number of ether oxygens (including phenoxy) is 1. The van der Waals surface area contributed by atoms with Crippen LogP contribution in [-0.4, -0.2) is 38.0 Å². The van der Waals surface area contributed by atoms with Crippen LogP contribution in [0.15, 0.2) is 24.3 Å². The van der Waals surface area contributed by atoms with Gasteiger partial charge in [-0.05, 0) is 38.1 Å². The largest absolute Gasteiger partial charge is 0.490 e. The van der Waals surface area contributed by atoms with E-state index in [0.717, 1.165) is 17.3 Å². The van der Waals surface area contributed by atoms with Gasteiger partial charge in [-0.3, -0.25) is 0 Å². The SMILES string of the molecule is [B]c1ccc(OC2CC(N3CCCCC3)C2)cc1. The highest BCUT2D eigenvalue weighted by Crippen LogP contribution is 2.31. The molecule has 0 atom stereocenters. The van der Waals surface area contributed by atoms with Crippen LogP contribution < -0.4 is 10.2 Å². The molecule has 3 heteroatoms. The summed E-state index contributed by atoms with van der Waals surface area (Å²) in [6, 6.07) is 8.49. The maximum atomic E-state index is 5.94. The molecular formula is C15H20BNO. The Morgan fingerprint density at radius 3 is 2.33 bits per heavy atom. The summed E-state index contributed by atoms with van der Waals surface area (Å²) >= 11 is 0. The third kappa shape index (κ3) is 2.72. The Labute approximate surface area is 111 Å². The number of hydrogen-bond acceptors (Lipinski definition) is 2. The van der Waals surface area contributed by atoms with Crippen LogP contribution in [0.4, 0.5) is 0 Å². The molecule has 2 radical (unpaired) electrons. The zero-order valence-corrected chi connectivity index (χ0v) is 10.8. The zero-order chi connectivity index (χ0) is 12.4. The fourth-order valence-electron chi connectivity index (χ4n) is 2.95. The maximum absolute atomic E-state index is 5.94. The first-order valence-corrected chi connectivity index (χ1v) is 7.07. The molecule has 0 amide bonds. The van der Waals surface area contributed by atoms with Gasteiger partial charge in [-0.25, -0.2) is 0 Å². The van der Waals surface area contributed by atoms with E-state index < -0.39 is 0 Å². The van der Waals surface area contributed by atoms with Crippen LogP contribution in [0.2, 0.25) is 0 Å². The Hall–Kier alpha value is -0.955. The Bertz CT molecular complexity index is 380. The van der Waals surface area contributed by atoms with Crippen molar-refractivity contribution in [2.45, 2.75) is 44.2 Å². The second-order valence-electron chi connectivity index (χ2n) is 5.53. The Kier molecular flexibility index (Phi) is 3.60. The van der Waals surface area contributed by atoms with Crippen LogP contribution >= 0.6 is 0 Å². The summed E-state index contributed by atoms with van der Waals surface area (Å²) in [6.45, 7) is 2.58. The molecule has 0 bridgehead atoms. The van der Waals surface area contributed by atoms with Crippen LogP contribution in [0.1, 0.15) is 32.1 Å². The number of piperidine rings is 1. The minimum atomic E-state index is 0.403. The van der Waals surface area contributed by atoms with Crippen molar-refractivity contribution in [3.05, 3.63) is 24.3 Å². The highest BCUT2D eigenvalue weighted by Gasteiger charge is 2.35. The minimum Gasteiger partial charge on any atom is -0.490 e. The van der Waals surface area contributed by atoms with E-state index in [-0.39, 0.29) is 0 Å². The molecule has 3 rings (SSSR count). The third-order valence-corrected chi connectivity index (χ3v) is 4.16. The fraction of sp³-hybridized carbons (Fsp3) is 0.600. The second kappa shape index (κ2) is 5.35. The van der Waals surface area contributed by atoms with Crippen molar-refractivity contribution in [3.63, 3.8) is 0 Å². The molecule has 1 heterocycles. The van der Waals surface area contributed by atoms with Gasteiger partial charge in [-0.2, -0.15) is 0 Å². The molecule has 2 nitrogen and oxygen atoms in total. The molecule has 0 spiro atoms. The molecule has 1 aromatic rings. The van der Waals surface area contributed by atoms with Gasteiger partial charge in [0.15, 0.2) is 0 Å². The van der Waals surface area contributed by atoms with Gasteiger partial charge in [0.25, 0.3) is 0 Å². The van der Waals surface area contributed by atoms with Gasteiger partial charge < -0.3 is 9.64 Å². The molecule has 2 aliphatic rings. The van der Waals surface area contributed by atoms with Crippen LogP contribution in [0.3, 0.4) is 0 Å². The summed E-state index contributed by atoms with van der Waals surface area (Å²) in [6.07, 6.45) is 6.93. The molecule has 94 valence electrons. The van der Waals surface area contributed by atoms with Gasteiger partial charge >= 0.3 is 0 Å². The molecule has 0 unspecified atom stereocenters. The van der Waals surface area contributed by atoms with Gasteiger partial charge in [-0.15, -0.1) is 0 Å². The van der Waals surface area contributed by atoms with E-state index in [9.17, 15) is 0 Å². The van der Waals surface area contributed by atoms with Gasteiger partial charge in [-0.1, -0.05) is 24.0 Å². The highest BCUT2D eigenvalue weighted by atomic mass is 16.5. The summed E-state index contributed by atoms with van der Waals surface area (Å²) in [5, 5.41) is 0. The molecule has 0 aromatic heterocycles. The van der Waals surface area contributed by atoms with E-state index >= 15 is 0 Å². The van der Waals surface area contributed by atoms with Crippen LogP contribution in [0, 0.1) is 0 Å². The maximum Gasteiger partial charge on any atom is 0.119 e. The monoisotopic (exact) mass is 241 g/mol. The molecule has 1 saturated heterocycles. The predicted octanol–water partition coefficient (Wildman–Crippen LogP) is 1.88. The Morgan fingerprint density at radius 1 is 1.00 bits per heavy atom. The van der Waals surface area contributed by atoms with Crippen molar-refractivity contribution >= 4 is 13.3 Å². The first-order chi connectivity index (χ1) is 8.81. The second-order valence-corrected chi connectivity index (χ2v) is 5.53. The van der Waals surface area contributed by atoms with Gasteiger partial charge in [0, 0.05) is 18.9 Å². The average molecular weight is 241 g/mol. The minimum absolute atomic E-state index is 0.403. The van der Waals surface area contributed by atoms with E-state index in [4.69, 9.17) is 12.6 Å². The summed E-state index contributed by atoms with van der Waals surface area (Å²) in [4.78, 5) is 2.65. The molecule has 1 aliphatic heterocycles. The van der Waals surface area contributed by atoms with Gasteiger partial charge in [0.2, 0.25) is 0 Å². The third-order valence-electron chi connectivity index (χ3n) is 4.16. The summed E-state index contributed by atoms with van der Waals surface area (Å²) in [7, 11) is 5.66. The topological polar surface area (TPSA) is 12.5 Å². The number of rotatable bonds is 3. The zero-order valence-electron chi connectivity index (χ0n) is 10.8. The molecule has 0 N–H and O–H groups in total. The first-order valence-electron chi connectivity index (χ1n) is 7.07. The van der Waals surface area contributed by atoms with Crippen LogP contribution in [-0.2, 0) is 0 Å². The molecule has 1 aromatic carbocycles. The van der Waals surface area contributed by atoms with Crippen molar-refractivity contribution in [2.24, 2.45) is 0 Å². The normalized spacial score (nSPS) is 28.7. The molecular weight excluding hydrogens is 221 g/mol. The summed E-state index contributed by atoms with van der Waals surface area (Å²) in [5.41, 5.74) is 0.794. The quantitative estimate of drug-likeness (QED) is 0.749. The molecule has 1 saturated carbocycles. The lowest BCUT2D eigenvalue weighted by atomic mass is 9.86. The van der Waals surface area contributed by atoms with Crippen LogP contribution in [0.25, 0.3) is 0 Å². The number of nitrogens with zero attached hydrogens (tertiary/aromatic N) is 1. The van der Waals surface area contributed by atoms with Crippen molar-refractivity contribution in [3.8, 4) is 5.75 Å². The highest BCUT2D eigenvalue weighted by molar-refractivity contribution is 6.32. The van der Waals surface area contributed by atoms with Crippen molar-refractivity contribution in [1.82, 2.24) is 4.90 Å². The Morgan fingerprint density at radius 2 is 1.67 bits per heavy atom. The standard InChI is InChI=1S/C15H20BNO/c16-12-4-6-14(7-5-12)18-15-10-13(11-15)17-8-2-1-3-9-17/h4-7,13,15H,1-3,8-11H2. The lowest BCUT2D eigenvalue weighted by Crippen LogP contribution is -2.50. The van der Waals surface area contributed by atoms with E-state index in [1.165, 1.54) is 45.2 Å². The van der Waals surface area contributed by atoms with Crippen molar-refractivity contribution < 1.29 is 4.74 Å². The molecule has 2 fully saturated rings. The number of hydrogen-bond donors (Lipinski definition) is 0. The van der Waals surface area contributed by atoms with Crippen molar-refractivity contribution in [1.29, 1.82) is 0 Å². The van der Waals surface area contributed by atoms with E-state index in [1.807, 2.05) is 24.3 Å². The fourth-order valence-corrected chi connectivity index (χ4v) is 2.95. The van der Waals surface area contributed by atoms with E-state index in [1.54, 1.807) is 0 Å². The van der Waals surface area contributed by atoms with Gasteiger partial charge in [0.05, 0.1) is 0 Å². The smallest absolute Gasteiger partial charge is 0.119 e.